The van der Waals surface area contributed by atoms with E-state index in [1.807, 2.05) is 0 Å². The molecule has 0 bridgehead atoms. The number of alkyl halides is 3. The Balaban J connectivity index is 1.23. The first-order valence-electron chi connectivity index (χ1n) is 10.8. The summed E-state index contributed by atoms with van der Waals surface area (Å²) >= 11 is 0. The molecule has 1 aromatic heterocycles. The average molecular weight is 475 g/mol. The smallest absolute Gasteiger partial charge is 0.382 e. The number of carbonyl (C=O) groups is 2. The highest BCUT2D eigenvalue weighted by Crippen LogP contribution is 2.42. The topological polar surface area (TPSA) is 95.3 Å². The standard InChI is InChI=1S/C23H21F4N5O2/c24-16-3-1-2-15(18(16)23(25,26)27)21(34)31-8-6-22(7-9-31)11-32(12-22)20(33)13-4-5-14-17(10-13)29-30-19(14)28/h1-5,10H,6-9,11-12H2,(H3,28,29,30). The Kier molecular flexibility index (Phi) is 5.03. The monoisotopic (exact) mass is 475 g/mol. The van der Waals surface area contributed by atoms with Crippen LogP contribution in [0.5, 0.6) is 0 Å². The van der Waals surface area contributed by atoms with Crippen molar-refractivity contribution < 1.29 is 27.2 Å². The highest BCUT2D eigenvalue weighted by Gasteiger charge is 2.48. The Morgan fingerprint density at radius 3 is 2.41 bits per heavy atom. The van der Waals surface area contributed by atoms with E-state index in [0.717, 1.165) is 17.5 Å². The molecule has 0 saturated carbocycles. The van der Waals surface area contributed by atoms with E-state index in [1.165, 1.54) is 4.90 Å². The molecule has 2 fully saturated rings. The first-order valence-corrected chi connectivity index (χ1v) is 10.8. The molecular formula is C23H21F4N5O2. The van der Waals surface area contributed by atoms with Crippen LogP contribution >= 0.6 is 0 Å². The van der Waals surface area contributed by atoms with E-state index >= 15 is 0 Å². The lowest BCUT2D eigenvalue weighted by atomic mass is 9.71. The molecule has 2 aliphatic heterocycles. The minimum atomic E-state index is -4.97. The molecule has 0 unspecified atom stereocenters. The number of rotatable bonds is 2. The highest BCUT2D eigenvalue weighted by atomic mass is 19.4. The minimum absolute atomic E-state index is 0.131. The quantitative estimate of drug-likeness (QED) is 0.553. The van der Waals surface area contributed by atoms with E-state index in [4.69, 9.17) is 5.73 Å². The molecule has 2 aromatic carbocycles. The summed E-state index contributed by atoms with van der Waals surface area (Å²) in [7, 11) is 0. The molecule has 2 amide bonds. The Bertz CT molecular complexity index is 1290. The van der Waals surface area contributed by atoms with Crippen molar-refractivity contribution in [2.45, 2.75) is 19.0 Å². The minimum Gasteiger partial charge on any atom is -0.382 e. The van der Waals surface area contributed by atoms with Crippen LogP contribution < -0.4 is 5.73 Å². The molecule has 7 nitrogen and oxygen atoms in total. The van der Waals surface area contributed by atoms with Crippen LogP contribution in [0.3, 0.4) is 0 Å². The van der Waals surface area contributed by atoms with Crippen molar-refractivity contribution in [3.05, 3.63) is 58.9 Å². The summed E-state index contributed by atoms with van der Waals surface area (Å²) in [5.41, 5.74) is 4.55. The van der Waals surface area contributed by atoms with E-state index < -0.39 is 29.0 Å². The number of nitrogens with one attached hydrogen (secondary N) is 1. The van der Waals surface area contributed by atoms with Gasteiger partial charge in [0.05, 0.1) is 11.1 Å². The van der Waals surface area contributed by atoms with Gasteiger partial charge in [-0.1, -0.05) is 6.07 Å². The number of piperidine rings is 1. The number of halogens is 4. The molecule has 178 valence electrons. The van der Waals surface area contributed by atoms with Crippen LogP contribution in [0.15, 0.2) is 36.4 Å². The number of aromatic amines is 1. The number of H-pyrrole nitrogens is 1. The third-order valence-electron chi connectivity index (χ3n) is 6.82. The van der Waals surface area contributed by atoms with Crippen LogP contribution in [-0.2, 0) is 6.18 Å². The molecular weight excluding hydrogens is 454 g/mol. The normalized spacial score (nSPS) is 17.8. The summed E-state index contributed by atoms with van der Waals surface area (Å²) in [6.07, 6.45) is -3.86. The molecule has 5 rings (SSSR count). The summed E-state index contributed by atoms with van der Waals surface area (Å²) in [6, 6.07) is 7.94. The largest absolute Gasteiger partial charge is 0.420 e. The van der Waals surface area contributed by atoms with Gasteiger partial charge in [0.15, 0.2) is 5.82 Å². The van der Waals surface area contributed by atoms with Gasteiger partial charge < -0.3 is 15.5 Å². The van der Waals surface area contributed by atoms with Gasteiger partial charge in [-0.25, -0.2) is 4.39 Å². The zero-order valence-corrected chi connectivity index (χ0v) is 18.0. The summed E-state index contributed by atoms with van der Waals surface area (Å²) in [4.78, 5) is 28.7. The molecule has 0 aliphatic carbocycles. The highest BCUT2D eigenvalue weighted by molar-refractivity contribution is 6.00. The Labute approximate surface area is 191 Å². The number of benzene rings is 2. The molecule has 2 aliphatic rings. The van der Waals surface area contributed by atoms with Crippen molar-refractivity contribution in [2.24, 2.45) is 5.41 Å². The lowest BCUT2D eigenvalue weighted by Gasteiger charge is -2.54. The number of amides is 2. The van der Waals surface area contributed by atoms with E-state index in [1.54, 1.807) is 23.1 Å². The molecule has 3 N–H and O–H groups in total. The lowest BCUT2D eigenvalue weighted by Crippen LogP contribution is -2.62. The van der Waals surface area contributed by atoms with E-state index in [-0.39, 0.29) is 24.4 Å². The van der Waals surface area contributed by atoms with Crippen molar-refractivity contribution >= 4 is 28.5 Å². The summed E-state index contributed by atoms with van der Waals surface area (Å²) in [5, 5.41) is 7.44. The number of fused-ring (bicyclic) bond motifs is 1. The SMILES string of the molecule is Nc1n[nH]c2cc(C(=O)N3CC4(CCN(C(=O)c5cccc(F)c5C(F)(F)F)CC4)C3)ccc12. The number of anilines is 1. The second-order valence-electron chi connectivity index (χ2n) is 8.98. The van der Waals surface area contributed by atoms with Gasteiger partial charge in [-0.3, -0.25) is 14.7 Å². The predicted molar refractivity (Wildman–Crippen MR) is 115 cm³/mol. The number of nitrogens with two attached hydrogens (primary N) is 1. The first kappa shape index (κ1) is 22.2. The zero-order valence-electron chi connectivity index (χ0n) is 18.0. The molecule has 3 aromatic rings. The van der Waals surface area contributed by atoms with Gasteiger partial charge in [0, 0.05) is 42.5 Å². The van der Waals surface area contributed by atoms with E-state index in [0.29, 0.717) is 48.9 Å². The van der Waals surface area contributed by atoms with Crippen LogP contribution in [0.4, 0.5) is 23.4 Å². The van der Waals surface area contributed by atoms with Crippen molar-refractivity contribution in [2.75, 3.05) is 31.9 Å². The number of nitrogen functional groups attached to an aromatic ring is 1. The molecule has 0 atom stereocenters. The van der Waals surface area contributed by atoms with Crippen molar-refractivity contribution in [1.29, 1.82) is 0 Å². The van der Waals surface area contributed by atoms with Gasteiger partial charge in [0.25, 0.3) is 11.8 Å². The van der Waals surface area contributed by atoms with Crippen molar-refractivity contribution in [1.82, 2.24) is 20.0 Å². The fourth-order valence-corrected chi connectivity index (χ4v) is 4.92. The summed E-state index contributed by atoms with van der Waals surface area (Å²) < 4.78 is 53.8. The third-order valence-corrected chi connectivity index (χ3v) is 6.82. The van der Waals surface area contributed by atoms with Crippen molar-refractivity contribution in [3.63, 3.8) is 0 Å². The van der Waals surface area contributed by atoms with Crippen LogP contribution in [0.1, 0.15) is 39.1 Å². The second-order valence-corrected chi connectivity index (χ2v) is 8.98. The fourth-order valence-electron chi connectivity index (χ4n) is 4.92. The zero-order chi connectivity index (χ0) is 24.3. The average Bonchev–Trinajstić information content (AvgIpc) is 3.15. The van der Waals surface area contributed by atoms with Crippen LogP contribution in [0.2, 0.25) is 0 Å². The lowest BCUT2D eigenvalue weighted by molar-refractivity contribution is -0.140. The number of nitrogens with zero attached hydrogens (tertiary/aromatic N) is 3. The van der Waals surface area contributed by atoms with Crippen LogP contribution in [-0.4, -0.2) is 58.0 Å². The molecule has 1 spiro atoms. The van der Waals surface area contributed by atoms with Gasteiger partial charge in [0.2, 0.25) is 0 Å². The molecule has 2 saturated heterocycles. The summed E-state index contributed by atoms with van der Waals surface area (Å²) in [5.74, 6) is -2.07. The Morgan fingerprint density at radius 1 is 1.03 bits per heavy atom. The van der Waals surface area contributed by atoms with Crippen LogP contribution in [0.25, 0.3) is 10.9 Å². The Hall–Kier alpha value is -3.63. The van der Waals surface area contributed by atoms with Gasteiger partial charge in [-0.2, -0.15) is 18.3 Å². The van der Waals surface area contributed by atoms with Gasteiger partial charge in [0.1, 0.15) is 11.4 Å². The Morgan fingerprint density at radius 2 is 1.74 bits per heavy atom. The summed E-state index contributed by atoms with van der Waals surface area (Å²) in [6.45, 7) is 1.50. The van der Waals surface area contributed by atoms with E-state index in [9.17, 15) is 27.2 Å². The fraction of sp³-hybridized carbons (Fsp3) is 0.348. The van der Waals surface area contributed by atoms with Crippen LogP contribution in [0, 0.1) is 11.2 Å². The van der Waals surface area contributed by atoms with Gasteiger partial charge in [-0.15, -0.1) is 0 Å². The van der Waals surface area contributed by atoms with Crippen molar-refractivity contribution in [3.8, 4) is 0 Å². The first-order chi connectivity index (χ1) is 16.1. The maximum Gasteiger partial charge on any atom is 0.420 e. The second kappa shape index (κ2) is 7.71. The number of hydrogen-bond donors (Lipinski definition) is 2. The van der Waals surface area contributed by atoms with E-state index in [2.05, 4.69) is 10.2 Å². The number of likely N-dealkylation sites (tertiary alicyclic amines) is 2. The predicted octanol–water partition coefficient (Wildman–Crippen LogP) is 3.68. The van der Waals surface area contributed by atoms with Gasteiger partial charge in [-0.05, 0) is 43.2 Å². The third kappa shape index (κ3) is 3.64. The maximum atomic E-state index is 13.9. The molecule has 11 heteroatoms. The van der Waals surface area contributed by atoms with Gasteiger partial charge >= 0.3 is 6.18 Å². The molecule has 0 radical (unpaired) electrons. The molecule has 3 heterocycles. The number of hydrogen-bond acceptors (Lipinski definition) is 4. The maximum absolute atomic E-state index is 13.9. The number of carbonyl (C=O) groups excluding carboxylic acids is 2. The molecule has 34 heavy (non-hydrogen) atoms. The number of aromatic nitrogens is 2.